The Kier molecular flexibility index (Phi) is 45.3. The van der Waals surface area contributed by atoms with E-state index in [0.717, 1.165) is 57.4 Å². The van der Waals surface area contributed by atoms with Crippen molar-refractivity contribution in [3.8, 4) is 0 Å². The van der Waals surface area contributed by atoms with Gasteiger partial charge >= 0.3 is 11.9 Å². The molecule has 0 saturated heterocycles. The Morgan fingerprint density at radius 1 is 0.443 bits per heavy atom. The van der Waals surface area contributed by atoms with Crippen molar-refractivity contribution in [1.29, 1.82) is 0 Å². The average molecular weight is 876 g/mol. The highest BCUT2D eigenvalue weighted by atomic mass is 31.1. The first-order valence-electron chi connectivity index (χ1n) is 26.3. The molecule has 0 heterocycles. The van der Waals surface area contributed by atoms with Crippen LogP contribution in [0.25, 0.3) is 0 Å². The Balaban J connectivity index is 4.22. The van der Waals surface area contributed by atoms with Gasteiger partial charge in [-0.05, 0) is 111 Å². The number of hydrogen-bond donors (Lipinski definition) is 0. The highest BCUT2D eigenvalue weighted by molar-refractivity contribution is 7.74. The van der Waals surface area contributed by atoms with Crippen LogP contribution in [0.2, 0.25) is 0 Å². The average Bonchev–Trinajstić information content (AvgIpc) is 3.24. The fourth-order valence-electron chi connectivity index (χ4n) is 8.20. The number of esters is 2. The van der Waals surface area contributed by atoms with E-state index < -0.39 is 7.92 Å². The number of allylic oxidation sites excluding steroid dienone is 2. The molecular weight excluding hydrogens is 774 g/mol. The molecule has 0 N–H and O–H groups in total. The fourth-order valence-corrected chi connectivity index (χ4v) is 10.6. The summed E-state index contributed by atoms with van der Waals surface area (Å²) in [5, 5.41) is 0. The molecule has 0 aliphatic rings. The minimum absolute atomic E-state index is 0.0613. The van der Waals surface area contributed by atoms with Gasteiger partial charge in [0.05, 0.1) is 0 Å². The number of unbranched alkanes of at least 4 members (excludes halogenated alkanes) is 20. The normalized spacial score (nSPS) is 12.5. The van der Waals surface area contributed by atoms with Crippen LogP contribution in [0.15, 0.2) is 24.3 Å². The third-order valence-electron chi connectivity index (χ3n) is 12.2. The molecule has 358 valence electrons. The van der Waals surface area contributed by atoms with Crippen LogP contribution in [0, 0.1) is 11.8 Å². The van der Waals surface area contributed by atoms with Crippen molar-refractivity contribution in [2.45, 2.75) is 246 Å². The molecular formula is C54H102NO5P. The number of ether oxygens (including phenoxy) is 2. The largest absolute Gasteiger partial charge is 0.461 e. The third kappa shape index (κ3) is 42.2. The second-order valence-corrected chi connectivity index (χ2v) is 20.9. The van der Waals surface area contributed by atoms with E-state index in [-0.39, 0.29) is 11.9 Å². The Morgan fingerprint density at radius 2 is 0.787 bits per heavy atom. The molecule has 0 rings (SSSR count). The van der Waals surface area contributed by atoms with Crippen LogP contribution in [-0.2, 0) is 23.9 Å². The van der Waals surface area contributed by atoms with Crippen LogP contribution < -0.4 is 0 Å². The number of carbonyl (C=O) groups excluding carboxylic acids is 3. The highest BCUT2D eigenvalue weighted by Gasteiger charge is 2.17. The summed E-state index contributed by atoms with van der Waals surface area (Å²) in [6.07, 6.45) is 50.1. The van der Waals surface area contributed by atoms with Gasteiger partial charge in [0.15, 0.2) is 5.52 Å². The van der Waals surface area contributed by atoms with Gasteiger partial charge in [0.1, 0.15) is 13.2 Å². The molecule has 0 aliphatic heterocycles. The monoisotopic (exact) mass is 876 g/mol. The predicted octanol–water partition coefficient (Wildman–Crippen LogP) is 16.3. The van der Waals surface area contributed by atoms with E-state index in [1.54, 1.807) is 0 Å². The third-order valence-corrected chi connectivity index (χ3v) is 14.8. The topological polar surface area (TPSA) is 72.9 Å². The van der Waals surface area contributed by atoms with Crippen molar-refractivity contribution in [3.05, 3.63) is 24.3 Å². The summed E-state index contributed by atoms with van der Waals surface area (Å²) in [6.45, 7) is 10.8. The molecule has 0 bridgehead atoms. The molecule has 0 amide bonds. The minimum atomic E-state index is -0.534. The zero-order valence-electron chi connectivity index (χ0n) is 41.5. The fraction of sp³-hybridized carbons (Fsp3) is 0.870. The van der Waals surface area contributed by atoms with Gasteiger partial charge in [-0.2, -0.15) is 0 Å². The Labute approximate surface area is 381 Å². The zero-order chi connectivity index (χ0) is 44.9. The van der Waals surface area contributed by atoms with Crippen molar-refractivity contribution in [1.82, 2.24) is 4.90 Å². The lowest BCUT2D eigenvalue weighted by Gasteiger charge is -2.17. The van der Waals surface area contributed by atoms with Crippen molar-refractivity contribution in [2.75, 3.05) is 46.2 Å². The number of carbonyl (C=O) groups is 3. The molecule has 7 heteroatoms. The van der Waals surface area contributed by atoms with Gasteiger partial charge in [-0.1, -0.05) is 193 Å². The number of nitrogens with zero attached hydrogens (tertiary/aromatic N) is 1. The van der Waals surface area contributed by atoms with Crippen LogP contribution in [0.1, 0.15) is 246 Å². The number of rotatable bonds is 47. The summed E-state index contributed by atoms with van der Waals surface area (Å²) in [6, 6.07) is 0. The lowest BCUT2D eigenvalue weighted by atomic mass is 9.94. The van der Waals surface area contributed by atoms with Crippen molar-refractivity contribution in [2.24, 2.45) is 11.8 Å². The molecule has 0 unspecified atom stereocenters. The molecule has 61 heavy (non-hydrogen) atoms. The maximum Gasteiger partial charge on any atom is 0.306 e. The van der Waals surface area contributed by atoms with Crippen molar-refractivity contribution in [3.63, 3.8) is 0 Å². The molecule has 0 aliphatic carbocycles. The Hall–Kier alpha value is -1.52. The molecule has 0 fully saturated rings. The summed E-state index contributed by atoms with van der Waals surface area (Å²) in [4.78, 5) is 40.0. The Morgan fingerprint density at radius 3 is 1.13 bits per heavy atom. The van der Waals surface area contributed by atoms with Gasteiger partial charge in [0.25, 0.3) is 0 Å². The molecule has 0 aromatic carbocycles. The second-order valence-electron chi connectivity index (χ2n) is 18.5. The van der Waals surface area contributed by atoms with Crippen LogP contribution >= 0.6 is 7.92 Å². The predicted molar refractivity (Wildman–Crippen MR) is 267 cm³/mol. The van der Waals surface area contributed by atoms with Gasteiger partial charge < -0.3 is 14.4 Å². The standard InChI is InChI=1S/C54H102NO5P/c1-7-11-25-36-50(37-26-12-8-2)40-34-46-59-52(56)42-29-21-17-15-19-23-31-48-61(54(58)44-33-45-55(5)6)49-32-24-20-16-18-22-30-43-53(57)60-47-35-41-51(38-27-13-9-3)39-28-14-10-4/h34-35,40-41,50-51H,7-33,36-39,42-49H2,1-6H3. The lowest BCUT2D eigenvalue weighted by molar-refractivity contribution is -0.143. The van der Waals surface area contributed by atoms with E-state index >= 15 is 0 Å². The van der Waals surface area contributed by atoms with Crippen LogP contribution in [0.5, 0.6) is 0 Å². The molecule has 0 aromatic heterocycles. The second kappa shape index (κ2) is 46.5. The van der Waals surface area contributed by atoms with Crippen molar-refractivity contribution >= 4 is 25.4 Å². The van der Waals surface area contributed by atoms with E-state index in [2.05, 4.69) is 71.0 Å². The van der Waals surface area contributed by atoms with Crippen LogP contribution in [0.4, 0.5) is 0 Å². The van der Waals surface area contributed by atoms with Gasteiger partial charge in [0, 0.05) is 19.3 Å². The van der Waals surface area contributed by atoms with Gasteiger partial charge in [0.2, 0.25) is 0 Å². The zero-order valence-corrected chi connectivity index (χ0v) is 42.4. The molecule has 6 nitrogen and oxygen atoms in total. The smallest absolute Gasteiger partial charge is 0.306 e. The van der Waals surface area contributed by atoms with Crippen molar-refractivity contribution < 1.29 is 23.9 Å². The molecule has 0 saturated carbocycles. The molecule has 0 aromatic rings. The van der Waals surface area contributed by atoms with Gasteiger partial charge in [-0.3, -0.25) is 14.4 Å². The molecule has 0 spiro atoms. The van der Waals surface area contributed by atoms with Gasteiger partial charge in [-0.15, -0.1) is 0 Å². The first-order chi connectivity index (χ1) is 29.8. The van der Waals surface area contributed by atoms with E-state index in [9.17, 15) is 14.4 Å². The van der Waals surface area contributed by atoms with Gasteiger partial charge in [-0.25, -0.2) is 0 Å². The van der Waals surface area contributed by atoms with E-state index in [1.807, 2.05) is 0 Å². The Bertz CT molecular complexity index is 956. The summed E-state index contributed by atoms with van der Waals surface area (Å²) in [7, 11) is 3.64. The summed E-state index contributed by atoms with van der Waals surface area (Å²) < 4.78 is 11.0. The first kappa shape index (κ1) is 59.5. The van der Waals surface area contributed by atoms with E-state index in [4.69, 9.17) is 9.47 Å². The summed E-state index contributed by atoms with van der Waals surface area (Å²) >= 11 is 0. The minimum Gasteiger partial charge on any atom is -0.461 e. The first-order valence-corrected chi connectivity index (χ1v) is 28.0. The maximum absolute atomic E-state index is 13.3. The summed E-state index contributed by atoms with van der Waals surface area (Å²) in [5.41, 5.74) is 0.541. The maximum atomic E-state index is 13.3. The lowest BCUT2D eigenvalue weighted by Crippen LogP contribution is -2.14. The van der Waals surface area contributed by atoms with E-state index in [0.29, 0.717) is 43.4 Å². The van der Waals surface area contributed by atoms with E-state index in [1.165, 1.54) is 167 Å². The molecule has 0 atom stereocenters. The van der Waals surface area contributed by atoms with Crippen LogP contribution in [-0.4, -0.2) is 68.5 Å². The SMILES string of the molecule is CCCCCC(C=CCOC(=O)CCCCCCCCCP(CCCCCCCCCC(=O)OCC=CC(CCCCC)CCCCC)C(=O)CCCN(C)C)CCCCC. The summed E-state index contributed by atoms with van der Waals surface area (Å²) in [5.74, 6) is 1.12. The molecule has 0 radical (unpaired) electrons. The number of hydrogen-bond acceptors (Lipinski definition) is 6. The van der Waals surface area contributed by atoms with Crippen LogP contribution in [0.3, 0.4) is 0 Å². The highest BCUT2D eigenvalue weighted by Crippen LogP contribution is 2.41. The quantitative estimate of drug-likeness (QED) is 0.0262.